The molecule has 0 radical (unpaired) electrons. The fourth-order valence-electron chi connectivity index (χ4n) is 1.24. The predicted molar refractivity (Wildman–Crippen MR) is 75.6 cm³/mol. The predicted octanol–water partition coefficient (Wildman–Crippen LogP) is 3.57. The van der Waals surface area contributed by atoms with Crippen LogP contribution in [-0.4, -0.2) is 12.1 Å². The van der Waals surface area contributed by atoms with Crippen molar-refractivity contribution in [1.29, 1.82) is 0 Å². The molecule has 0 aliphatic heterocycles. The molecule has 6 heteroatoms. The summed E-state index contributed by atoms with van der Waals surface area (Å²) in [5.41, 5.74) is 2.97. The van der Waals surface area contributed by atoms with Crippen LogP contribution in [0.4, 0.5) is 0 Å². The number of nitrogens with one attached hydrogen (secondary N) is 1. The Kier molecular flexibility index (Phi) is 4.33. The van der Waals surface area contributed by atoms with E-state index in [4.69, 9.17) is 4.42 Å². The van der Waals surface area contributed by atoms with Crippen molar-refractivity contribution in [2.45, 2.75) is 0 Å². The number of carbonyl (C=O) groups excluding carboxylic acids is 1. The van der Waals surface area contributed by atoms with E-state index in [1.54, 1.807) is 30.3 Å². The zero-order valence-corrected chi connectivity index (χ0v) is 12.2. The highest BCUT2D eigenvalue weighted by molar-refractivity contribution is 9.13. The standard InChI is InChI=1S/C12H8Br2N2O2/c13-10-6-9(18-11(10)14)7-15-16-12(17)8-4-2-1-3-5-8/h1-7H,(H,16,17). The van der Waals surface area contributed by atoms with Gasteiger partial charge in [-0.2, -0.15) is 5.10 Å². The maximum atomic E-state index is 11.6. The van der Waals surface area contributed by atoms with Gasteiger partial charge >= 0.3 is 0 Å². The summed E-state index contributed by atoms with van der Waals surface area (Å²) >= 11 is 6.50. The molecule has 0 spiro atoms. The van der Waals surface area contributed by atoms with E-state index in [9.17, 15) is 4.79 Å². The lowest BCUT2D eigenvalue weighted by atomic mass is 10.2. The van der Waals surface area contributed by atoms with Gasteiger partial charge in [0.15, 0.2) is 4.67 Å². The Morgan fingerprint density at radius 1 is 1.28 bits per heavy atom. The largest absolute Gasteiger partial charge is 0.447 e. The van der Waals surface area contributed by atoms with E-state index in [2.05, 4.69) is 42.4 Å². The SMILES string of the molecule is O=C(NN=Cc1cc(Br)c(Br)o1)c1ccccc1. The number of hydrogen-bond donors (Lipinski definition) is 1. The first-order chi connectivity index (χ1) is 8.66. The molecule has 2 rings (SSSR count). The monoisotopic (exact) mass is 370 g/mol. The summed E-state index contributed by atoms with van der Waals surface area (Å²) in [6, 6.07) is 10.6. The van der Waals surface area contributed by atoms with Crippen LogP contribution in [0, 0.1) is 0 Å². The highest BCUT2D eigenvalue weighted by Crippen LogP contribution is 2.25. The van der Waals surface area contributed by atoms with Crippen LogP contribution in [0.1, 0.15) is 16.1 Å². The van der Waals surface area contributed by atoms with Crippen LogP contribution in [0.25, 0.3) is 0 Å². The molecule has 2 aromatic rings. The average Bonchev–Trinajstić information content (AvgIpc) is 2.69. The Balaban J connectivity index is 1.98. The molecule has 18 heavy (non-hydrogen) atoms. The quantitative estimate of drug-likeness (QED) is 0.662. The van der Waals surface area contributed by atoms with Crippen LogP contribution >= 0.6 is 31.9 Å². The lowest BCUT2D eigenvalue weighted by molar-refractivity contribution is 0.0955. The van der Waals surface area contributed by atoms with Crippen molar-refractivity contribution in [1.82, 2.24) is 5.43 Å². The molecule has 1 heterocycles. The third-order valence-corrected chi connectivity index (χ3v) is 3.77. The molecule has 0 aliphatic carbocycles. The maximum Gasteiger partial charge on any atom is 0.271 e. The summed E-state index contributed by atoms with van der Waals surface area (Å²) < 4.78 is 6.64. The van der Waals surface area contributed by atoms with Gasteiger partial charge in [-0.3, -0.25) is 4.79 Å². The van der Waals surface area contributed by atoms with Gasteiger partial charge in [-0.25, -0.2) is 5.43 Å². The van der Waals surface area contributed by atoms with Gasteiger partial charge in [-0.05, 0) is 44.0 Å². The van der Waals surface area contributed by atoms with Gasteiger partial charge in [-0.15, -0.1) is 0 Å². The van der Waals surface area contributed by atoms with Crippen LogP contribution in [-0.2, 0) is 0 Å². The Labute approximate surface area is 120 Å². The van der Waals surface area contributed by atoms with Crippen LogP contribution in [0.3, 0.4) is 0 Å². The maximum absolute atomic E-state index is 11.6. The Morgan fingerprint density at radius 3 is 2.61 bits per heavy atom. The molecule has 0 saturated carbocycles. The van der Waals surface area contributed by atoms with E-state index in [0.717, 1.165) is 4.47 Å². The number of furan rings is 1. The minimum absolute atomic E-state index is 0.267. The number of hydrazone groups is 1. The molecule has 0 unspecified atom stereocenters. The smallest absolute Gasteiger partial charge is 0.271 e. The van der Waals surface area contributed by atoms with E-state index >= 15 is 0 Å². The van der Waals surface area contributed by atoms with Gasteiger partial charge in [0.1, 0.15) is 5.76 Å². The third kappa shape index (κ3) is 3.30. The van der Waals surface area contributed by atoms with E-state index in [1.807, 2.05) is 6.07 Å². The van der Waals surface area contributed by atoms with Gasteiger partial charge in [0.2, 0.25) is 0 Å². The fourth-order valence-corrected chi connectivity index (χ4v) is 1.84. The van der Waals surface area contributed by atoms with Crippen LogP contribution in [0.5, 0.6) is 0 Å². The average molecular weight is 372 g/mol. The molecule has 1 N–H and O–H groups in total. The highest BCUT2D eigenvalue weighted by atomic mass is 79.9. The number of amides is 1. The molecule has 0 atom stereocenters. The zero-order valence-electron chi connectivity index (χ0n) is 9.06. The van der Waals surface area contributed by atoms with E-state index in [1.165, 1.54) is 6.21 Å². The van der Waals surface area contributed by atoms with Crippen molar-refractivity contribution in [3.63, 3.8) is 0 Å². The topological polar surface area (TPSA) is 54.6 Å². The molecule has 1 aromatic carbocycles. The van der Waals surface area contributed by atoms with Crippen molar-refractivity contribution >= 4 is 44.0 Å². The first-order valence-corrected chi connectivity index (χ1v) is 6.58. The third-order valence-electron chi connectivity index (χ3n) is 2.06. The Bertz CT molecular complexity index is 560. The lowest BCUT2D eigenvalue weighted by Gasteiger charge is -1.97. The number of benzene rings is 1. The lowest BCUT2D eigenvalue weighted by Crippen LogP contribution is -2.17. The number of carbonyl (C=O) groups is 1. The Morgan fingerprint density at radius 2 is 2.00 bits per heavy atom. The van der Waals surface area contributed by atoms with Gasteiger partial charge < -0.3 is 4.42 Å². The van der Waals surface area contributed by atoms with Crippen LogP contribution in [0.15, 0.2) is 55.1 Å². The summed E-state index contributed by atoms with van der Waals surface area (Å²) in [5, 5.41) is 3.81. The normalized spacial score (nSPS) is 10.8. The van der Waals surface area contributed by atoms with Crippen molar-refractivity contribution < 1.29 is 9.21 Å². The molecule has 4 nitrogen and oxygen atoms in total. The zero-order chi connectivity index (χ0) is 13.0. The van der Waals surface area contributed by atoms with Gasteiger partial charge in [0, 0.05) is 11.6 Å². The molecular formula is C12H8Br2N2O2. The fraction of sp³-hybridized carbons (Fsp3) is 0. The minimum Gasteiger partial charge on any atom is -0.447 e. The van der Waals surface area contributed by atoms with Crippen LogP contribution in [0.2, 0.25) is 0 Å². The molecule has 1 aromatic heterocycles. The number of halogens is 2. The summed E-state index contributed by atoms with van der Waals surface area (Å²) in [4.78, 5) is 11.6. The minimum atomic E-state index is -0.267. The van der Waals surface area contributed by atoms with Crippen LogP contribution < -0.4 is 5.43 Å². The van der Waals surface area contributed by atoms with Crippen molar-refractivity contribution in [2.75, 3.05) is 0 Å². The van der Waals surface area contributed by atoms with Crippen molar-refractivity contribution in [2.24, 2.45) is 5.10 Å². The first kappa shape index (κ1) is 13.0. The van der Waals surface area contributed by atoms with Gasteiger partial charge in [-0.1, -0.05) is 18.2 Å². The molecule has 0 saturated heterocycles. The Hall–Kier alpha value is -1.40. The molecule has 0 fully saturated rings. The highest BCUT2D eigenvalue weighted by Gasteiger charge is 2.04. The van der Waals surface area contributed by atoms with Gasteiger partial charge in [0.05, 0.1) is 10.7 Å². The summed E-state index contributed by atoms with van der Waals surface area (Å²) in [6.45, 7) is 0. The second-order valence-corrected chi connectivity index (χ2v) is 4.91. The van der Waals surface area contributed by atoms with Crippen molar-refractivity contribution in [3.05, 3.63) is 56.9 Å². The number of nitrogens with zero attached hydrogens (tertiary/aromatic N) is 1. The molecule has 0 bridgehead atoms. The summed E-state index contributed by atoms with van der Waals surface area (Å²) in [7, 11) is 0. The van der Waals surface area contributed by atoms with Crippen molar-refractivity contribution in [3.8, 4) is 0 Å². The van der Waals surface area contributed by atoms with E-state index < -0.39 is 0 Å². The second kappa shape index (κ2) is 5.97. The van der Waals surface area contributed by atoms with E-state index in [-0.39, 0.29) is 5.91 Å². The first-order valence-electron chi connectivity index (χ1n) is 5.00. The van der Waals surface area contributed by atoms with Gasteiger partial charge in [0.25, 0.3) is 5.91 Å². The summed E-state index contributed by atoms with van der Waals surface area (Å²) in [5.74, 6) is 0.263. The molecular weight excluding hydrogens is 364 g/mol. The molecule has 0 aliphatic rings. The molecule has 1 amide bonds. The summed E-state index contributed by atoms with van der Waals surface area (Å²) in [6.07, 6.45) is 1.43. The molecule has 92 valence electrons. The number of rotatable bonds is 3. The van der Waals surface area contributed by atoms with E-state index in [0.29, 0.717) is 16.0 Å². The second-order valence-electron chi connectivity index (χ2n) is 3.34. The number of hydrogen-bond acceptors (Lipinski definition) is 3.